The molecule has 0 bridgehead atoms. The predicted molar refractivity (Wildman–Crippen MR) is 69.7 cm³/mol. The van der Waals surface area contributed by atoms with E-state index in [2.05, 4.69) is 9.97 Å². The lowest BCUT2D eigenvalue weighted by Crippen LogP contribution is -1.96. The first-order valence-corrected chi connectivity index (χ1v) is 5.64. The molecule has 0 spiro atoms. The predicted octanol–water partition coefficient (Wildman–Crippen LogP) is 2.30. The number of furan rings is 1. The summed E-state index contributed by atoms with van der Waals surface area (Å²) in [5.74, 6) is -0.181. The van der Waals surface area contributed by atoms with E-state index in [1.165, 1.54) is 12.5 Å². The van der Waals surface area contributed by atoms with Crippen molar-refractivity contribution in [1.29, 1.82) is 0 Å². The lowest BCUT2D eigenvalue weighted by Gasteiger charge is -2.04. The van der Waals surface area contributed by atoms with Crippen molar-refractivity contribution in [3.05, 3.63) is 42.3 Å². The molecule has 0 aliphatic rings. The number of nitrogens with zero attached hydrogens (tertiary/aromatic N) is 2. The van der Waals surface area contributed by atoms with Crippen molar-refractivity contribution in [1.82, 2.24) is 9.97 Å². The van der Waals surface area contributed by atoms with Crippen molar-refractivity contribution in [3.63, 3.8) is 0 Å². The van der Waals surface area contributed by atoms with Gasteiger partial charge in [-0.25, -0.2) is 9.78 Å². The Labute approximate surface area is 112 Å². The molecule has 2 aromatic heterocycles. The Balaban J connectivity index is 1.95. The van der Waals surface area contributed by atoms with Gasteiger partial charge in [0.25, 0.3) is 0 Å². The van der Waals surface area contributed by atoms with Crippen LogP contribution in [0, 0.1) is 0 Å². The first-order chi connectivity index (χ1) is 9.63. The Morgan fingerprint density at radius 2 is 2.20 bits per heavy atom. The summed E-state index contributed by atoms with van der Waals surface area (Å²) < 4.78 is 10.7. The number of benzene rings is 1. The zero-order valence-electron chi connectivity index (χ0n) is 10.1. The molecule has 100 valence electrons. The Morgan fingerprint density at radius 1 is 1.35 bits per heavy atom. The molecular weight excluding hydrogens is 262 g/mol. The third-order valence-electron chi connectivity index (χ3n) is 2.65. The van der Waals surface area contributed by atoms with E-state index in [1.807, 2.05) is 0 Å². The van der Waals surface area contributed by atoms with Gasteiger partial charge < -0.3 is 20.0 Å². The van der Waals surface area contributed by atoms with Crippen molar-refractivity contribution in [2.75, 3.05) is 5.73 Å². The molecule has 7 heteroatoms. The van der Waals surface area contributed by atoms with Gasteiger partial charge in [0.1, 0.15) is 23.2 Å². The maximum absolute atomic E-state index is 11.0. The number of carboxylic acids is 1. The zero-order valence-corrected chi connectivity index (χ0v) is 10.1. The van der Waals surface area contributed by atoms with Crippen molar-refractivity contribution in [2.45, 2.75) is 0 Å². The summed E-state index contributed by atoms with van der Waals surface area (Å²) in [4.78, 5) is 18.6. The zero-order chi connectivity index (χ0) is 14.1. The molecule has 0 saturated carbocycles. The topological polar surface area (TPSA) is 111 Å². The Morgan fingerprint density at radius 3 is 2.95 bits per heavy atom. The van der Waals surface area contributed by atoms with E-state index in [-0.39, 0.29) is 11.5 Å². The molecule has 3 N–H and O–H groups in total. The standard InChI is InChI=1S/C13H9N3O4/c14-13-15-4-3-11(16-13)20-7-1-2-8-9(12(17)18)6-19-10(8)5-7/h1-6H,(H,17,18)(H2,14,15,16). The molecule has 0 radical (unpaired) electrons. The number of aromatic nitrogens is 2. The van der Waals surface area contributed by atoms with E-state index < -0.39 is 5.97 Å². The van der Waals surface area contributed by atoms with Crippen molar-refractivity contribution < 1.29 is 19.1 Å². The summed E-state index contributed by atoms with van der Waals surface area (Å²) in [7, 11) is 0. The molecule has 0 amide bonds. The molecule has 0 fully saturated rings. The van der Waals surface area contributed by atoms with Crippen LogP contribution in [0.2, 0.25) is 0 Å². The molecule has 0 aliphatic heterocycles. The van der Waals surface area contributed by atoms with Gasteiger partial charge in [0.2, 0.25) is 11.8 Å². The van der Waals surface area contributed by atoms with Gasteiger partial charge in [0.05, 0.1) is 0 Å². The summed E-state index contributed by atoms with van der Waals surface area (Å²) in [5.41, 5.74) is 5.98. The number of rotatable bonds is 3. The maximum Gasteiger partial charge on any atom is 0.339 e. The highest BCUT2D eigenvalue weighted by Crippen LogP contribution is 2.28. The Bertz CT molecular complexity index is 797. The minimum Gasteiger partial charge on any atom is -0.478 e. The number of anilines is 1. The number of carboxylic acid groups (broad SMARTS) is 1. The fourth-order valence-electron chi connectivity index (χ4n) is 1.77. The molecule has 3 rings (SSSR count). The van der Waals surface area contributed by atoms with Crippen molar-refractivity contribution >= 4 is 22.9 Å². The number of nitrogen functional groups attached to an aromatic ring is 1. The average molecular weight is 271 g/mol. The number of hydrogen-bond acceptors (Lipinski definition) is 6. The summed E-state index contributed by atoms with van der Waals surface area (Å²) in [6.45, 7) is 0. The number of hydrogen-bond donors (Lipinski definition) is 2. The fourth-order valence-corrected chi connectivity index (χ4v) is 1.77. The van der Waals surface area contributed by atoms with Gasteiger partial charge in [0.15, 0.2) is 0 Å². The third kappa shape index (κ3) is 2.12. The maximum atomic E-state index is 11.0. The van der Waals surface area contributed by atoms with Crippen LogP contribution in [0.1, 0.15) is 10.4 Å². The molecule has 7 nitrogen and oxygen atoms in total. The van der Waals surface area contributed by atoms with Crippen LogP contribution in [0.3, 0.4) is 0 Å². The molecule has 0 saturated heterocycles. The SMILES string of the molecule is Nc1nccc(Oc2ccc3c(C(=O)O)coc3c2)n1. The molecule has 1 aromatic carbocycles. The molecule has 0 atom stereocenters. The van der Waals surface area contributed by atoms with E-state index in [9.17, 15) is 4.79 Å². The van der Waals surface area contributed by atoms with Gasteiger partial charge >= 0.3 is 5.97 Å². The molecule has 3 aromatic rings. The summed E-state index contributed by atoms with van der Waals surface area (Å²) >= 11 is 0. The van der Waals surface area contributed by atoms with Gasteiger partial charge in [0, 0.05) is 23.7 Å². The van der Waals surface area contributed by atoms with E-state index in [4.69, 9.17) is 20.0 Å². The largest absolute Gasteiger partial charge is 0.478 e. The first kappa shape index (κ1) is 12.0. The average Bonchev–Trinajstić information content (AvgIpc) is 2.82. The van der Waals surface area contributed by atoms with Crippen LogP contribution in [0.15, 0.2) is 41.1 Å². The second kappa shape index (κ2) is 4.54. The van der Waals surface area contributed by atoms with Gasteiger partial charge in [-0.05, 0) is 12.1 Å². The van der Waals surface area contributed by atoms with Crippen LogP contribution in [-0.2, 0) is 0 Å². The van der Waals surface area contributed by atoms with E-state index in [0.29, 0.717) is 22.6 Å². The van der Waals surface area contributed by atoms with Crippen molar-refractivity contribution in [2.24, 2.45) is 0 Å². The number of nitrogens with two attached hydrogens (primary N) is 1. The number of aromatic carboxylic acids is 1. The van der Waals surface area contributed by atoms with E-state index in [1.54, 1.807) is 24.3 Å². The van der Waals surface area contributed by atoms with E-state index >= 15 is 0 Å². The highest BCUT2D eigenvalue weighted by Gasteiger charge is 2.13. The van der Waals surface area contributed by atoms with Gasteiger partial charge in [-0.15, -0.1) is 0 Å². The number of fused-ring (bicyclic) bond motifs is 1. The molecular formula is C13H9N3O4. The van der Waals surface area contributed by atoms with E-state index in [0.717, 1.165) is 0 Å². The van der Waals surface area contributed by atoms with Crippen LogP contribution < -0.4 is 10.5 Å². The molecule has 0 unspecified atom stereocenters. The normalized spacial score (nSPS) is 10.6. The van der Waals surface area contributed by atoms with Crippen LogP contribution in [-0.4, -0.2) is 21.0 Å². The summed E-state index contributed by atoms with van der Waals surface area (Å²) in [5, 5.41) is 9.49. The summed E-state index contributed by atoms with van der Waals surface area (Å²) in [6.07, 6.45) is 2.67. The molecule has 0 aliphatic carbocycles. The first-order valence-electron chi connectivity index (χ1n) is 5.64. The second-order valence-corrected chi connectivity index (χ2v) is 3.97. The minimum absolute atomic E-state index is 0.106. The van der Waals surface area contributed by atoms with Gasteiger partial charge in [-0.2, -0.15) is 4.98 Å². The fraction of sp³-hybridized carbons (Fsp3) is 0. The lowest BCUT2D eigenvalue weighted by molar-refractivity contribution is 0.0698. The number of ether oxygens (including phenoxy) is 1. The molecule has 20 heavy (non-hydrogen) atoms. The summed E-state index contributed by atoms with van der Waals surface area (Å²) in [6, 6.07) is 6.39. The molecule has 2 heterocycles. The highest BCUT2D eigenvalue weighted by atomic mass is 16.5. The third-order valence-corrected chi connectivity index (χ3v) is 2.65. The number of carbonyl (C=O) groups is 1. The second-order valence-electron chi connectivity index (χ2n) is 3.97. The highest BCUT2D eigenvalue weighted by molar-refractivity contribution is 6.02. The van der Waals surface area contributed by atoms with Crippen LogP contribution >= 0.6 is 0 Å². The smallest absolute Gasteiger partial charge is 0.339 e. The quantitative estimate of drug-likeness (QED) is 0.751. The monoisotopic (exact) mass is 271 g/mol. The Kier molecular flexibility index (Phi) is 2.72. The lowest BCUT2D eigenvalue weighted by atomic mass is 10.2. The van der Waals surface area contributed by atoms with Crippen LogP contribution in [0.5, 0.6) is 11.6 Å². The van der Waals surface area contributed by atoms with Crippen LogP contribution in [0.25, 0.3) is 11.0 Å². The van der Waals surface area contributed by atoms with Crippen molar-refractivity contribution in [3.8, 4) is 11.6 Å². The minimum atomic E-state index is -1.04. The Hall–Kier alpha value is -3.09. The van der Waals surface area contributed by atoms with Gasteiger partial charge in [-0.1, -0.05) is 0 Å². The van der Waals surface area contributed by atoms with Gasteiger partial charge in [-0.3, -0.25) is 0 Å². The van der Waals surface area contributed by atoms with Crippen LogP contribution in [0.4, 0.5) is 5.95 Å².